The Hall–Kier alpha value is -1.07. The van der Waals surface area contributed by atoms with Crippen molar-refractivity contribution in [1.82, 2.24) is 4.72 Å². The first-order valence-electron chi connectivity index (χ1n) is 6.58. The van der Waals surface area contributed by atoms with E-state index in [0.29, 0.717) is 11.4 Å². The zero-order chi connectivity index (χ0) is 14.5. The third kappa shape index (κ3) is 5.61. The molecule has 0 unspecified atom stereocenters. The predicted molar refractivity (Wildman–Crippen MR) is 79.9 cm³/mol. The van der Waals surface area contributed by atoms with Crippen LogP contribution < -0.4 is 10.0 Å². The van der Waals surface area contributed by atoms with Gasteiger partial charge >= 0.3 is 0 Å². The smallest absolute Gasteiger partial charge is 0.240 e. The van der Waals surface area contributed by atoms with Crippen molar-refractivity contribution in [2.45, 2.75) is 39.0 Å². The molecule has 0 aromatic heterocycles. The maximum absolute atomic E-state index is 12.1. The number of rotatable bonds is 6. The summed E-state index contributed by atoms with van der Waals surface area (Å²) in [7, 11) is -3.41. The quantitative estimate of drug-likeness (QED) is 0.844. The Morgan fingerprint density at radius 3 is 2.16 bits per heavy atom. The second-order valence-corrected chi connectivity index (χ2v) is 7.60. The number of hydrogen-bond acceptors (Lipinski definition) is 3. The lowest BCUT2D eigenvalue weighted by molar-refractivity contribution is 0.407. The largest absolute Gasteiger partial charge is 0.385 e. The Labute approximate surface area is 116 Å². The average Bonchev–Trinajstić information content (AvgIpc) is 2.34. The maximum Gasteiger partial charge on any atom is 0.240 e. The normalized spacial score (nSPS) is 12.4. The lowest BCUT2D eigenvalue weighted by Gasteiger charge is -2.18. The highest BCUT2D eigenvalue weighted by Gasteiger charge is 2.18. The molecule has 1 rings (SSSR count). The summed E-state index contributed by atoms with van der Waals surface area (Å²) in [5.74, 6) is 0. The van der Waals surface area contributed by atoms with Crippen molar-refractivity contribution >= 4 is 15.7 Å². The highest BCUT2D eigenvalue weighted by molar-refractivity contribution is 7.89. The van der Waals surface area contributed by atoms with Crippen LogP contribution in [-0.4, -0.2) is 21.5 Å². The number of nitrogens with one attached hydrogen (secondary N) is 2. The zero-order valence-electron chi connectivity index (χ0n) is 12.2. The Balaban J connectivity index is 2.73. The van der Waals surface area contributed by atoms with Crippen LogP contribution in [0, 0.1) is 5.41 Å². The topological polar surface area (TPSA) is 58.2 Å². The molecule has 4 nitrogen and oxygen atoms in total. The first-order chi connectivity index (χ1) is 8.74. The summed E-state index contributed by atoms with van der Waals surface area (Å²) in [6.07, 6.45) is 1.03. The molecule has 0 radical (unpaired) electrons. The predicted octanol–water partition coefficient (Wildman–Crippen LogP) is 2.83. The fourth-order valence-corrected chi connectivity index (χ4v) is 2.70. The van der Waals surface area contributed by atoms with E-state index in [9.17, 15) is 8.42 Å². The lowest BCUT2D eigenvalue weighted by Crippen LogP contribution is -2.32. The molecule has 1 aromatic carbocycles. The molecule has 108 valence electrons. The molecule has 0 saturated carbocycles. The van der Waals surface area contributed by atoms with Gasteiger partial charge in [0.15, 0.2) is 0 Å². The molecule has 0 heterocycles. The molecule has 0 spiro atoms. The van der Waals surface area contributed by atoms with Crippen molar-refractivity contribution in [1.29, 1.82) is 0 Å². The second-order valence-electron chi connectivity index (χ2n) is 5.84. The molecule has 2 N–H and O–H groups in total. The molecule has 0 fully saturated rings. The fourth-order valence-electron chi connectivity index (χ4n) is 1.42. The third-order valence-corrected chi connectivity index (χ3v) is 3.95. The standard InChI is InChI=1S/C14H24N2O2S/c1-5-10-15-12-6-8-13(9-7-12)19(17,18)16-11-14(2,3)4/h6-9,15-16H,5,10-11H2,1-4H3. The van der Waals surface area contributed by atoms with Gasteiger partial charge < -0.3 is 5.32 Å². The van der Waals surface area contributed by atoms with Crippen LogP contribution >= 0.6 is 0 Å². The summed E-state index contributed by atoms with van der Waals surface area (Å²) in [6.45, 7) is 9.37. The third-order valence-electron chi connectivity index (χ3n) is 2.54. The molecule has 0 aliphatic rings. The first-order valence-corrected chi connectivity index (χ1v) is 8.06. The van der Waals surface area contributed by atoms with Crippen LogP contribution in [0.5, 0.6) is 0 Å². The molecular weight excluding hydrogens is 260 g/mol. The number of sulfonamides is 1. The van der Waals surface area contributed by atoms with E-state index in [1.165, 1.54) is 0 Å². The Morgan fingerprint density at radius 2 is 1.68 bits per heavy atom. The van der Waals surface area contributed by atoms with Crippen LogP contribution in [0.15, 0.2) is 29.2 Å². The molecule has 1 aromatic rings. The van der Waals surface area contributed by atoms with Crippen LogP contribution in [0.1, 0.15) is 34.1 Å². The minimum absolute atomic E-state index is 0.0737. The average molecular weight is 284 g/mol. The van der Waals surface area contributed by atoms with E-state index in [1.807, 2.05) is 20.8 Å². The van der Waals surface area contributed by atoms with Gasteiger partial charge in [-0.3, -0.25) is 0 Å². The van der Waals surface area contributed by atoms with Crippen LogP contribution in [0.2, 0.25) is 0 Å². The van der Waals surface area contributed by atoms with E-state index in [0.717, 1.165) is 18.7 Å². The molecule has 0 amide bonds. The lowest BCUT2D eigenvalue weighted by atomic mass is 9.98. The molecule has 0 aliphatic heterocycles. The summed E-state index contributed by atoms with van der Waals surface area (Å²) >= 11 is 0. The minimum Gasteiger partial charge on any atom is -0.385 e. The summed E-state index contributed by atoms with van der Waals surface area (Å²) in [5.41, 5.74) is 0.868. The number of hydrogen-bond donors (Lipinski definition) is 2. The van der Waals surface area contributed by atoms with Crippen molar-refractivity contribution in [2.75, 3.05) is 18.4 Å². The molecule has 0 saturated heterocycles. The van der Waals surface area contributed by atoms with Crippen molar-refractivity contribution in [3.05, 3.63) is 24.3 Å². The minimum atomic E-state index is -3.41. The van der Waals surface area contributed by atoms with E-state index < -0.39 is 10.0 Å². The van der Waals surface area contributed by atoms with Crippen LogP contribution in [0.4, 0.5) is 5.69 Å². The molecule has 5 heteroatoms. The van der Waals surface area contributed by atoms with Gasteiger partial charge in [0.2, 0.25) is 10.0 Å². The SMILES string of the molecule is CCCNc1ccc(S(=O)(=O)NCC(C)(C)C)cc1. The first kappa shape index (κ1) is 16.0. The van der Waals surface area contributed by atoms with Crippen molar-refractivity contribution < 1.29 is 8.42 Å². The van der Waals surface area contributed by atoms with Gasteiger partial charge in [0.1, 0.15) is 0 Å². The Kier molecular flexibility index (Phi) is 5.38. The monoisotopic (exact) mass is 284 g/mol. The van der Waals surface area contributed by atoms with Crippen molar-refractivity contribution in [3.63, 3.8) is 0 Å². The van der Waals surface area contributed by atoms with Crippen LogP contribution in [0.25, 0.3) is 0 Å². The number of benzene rings is 1. The summed E-state index contributed by atoms with van der Waals surface area (Å²) < 4.78 is 26.8. The van der Waals surface area contributed by atoms with Crippen molar-refractivity contribution in [3.8, 4) is 0 Å². The highest BCUT2D eigenvalue weighted by Crippen LogP contribution is 2.16. The van der Waals surface area contributed by atoms with E-state index in [4.69, 9.17) is 0 Å². The van der Waals surface area contributed by atoms with Crippen LogP contribution in [-0.2, 0) is 10.0 Å². The van der Waals surface area contributed by atoms with Gasteiger partial charge in [-0.15, -0.1) is 0 Å². The second kappa shape index (κ2) is 6.39. The van der Waals surface area contributed by atoms with Crippen molar-refractivity contribution in [2.24, 2.45) is 5.41 Å². The summed E-state index contributed by atoms with van der Waals surface area (Å²) in [4.78, 5) is 0.304. The van der Waals surface area contributed by atoms with Gasteiger partial charge in [-0.25, -0.2) is 13.1 Å². The van der Waals surface area contributed by atoms with E-state index in [2.05, 4.69) is 17.0 Å². The Bertz CT molecular complexity index is 487. The maximum atomic E-state index is 12.1. The molecular formula is C14H24N2O2S. The van der Waals surface area contributed by atoms with Gasteiger partial charge in [-0.05, 0) is 36.1 Å². The molecule has 0 aliphatic carbocycles. The molecule has 19 heavy (non-hydrogen) atoms. The van der Waals surface area contributed by atoms with Crippen LogP contribution in [0.3, 0.4) is 0 Å². The van der Waals surface area contributed by atoms with Gasteiger partial charge in [-0.1, -0.05) is 27.7 Å². The molecule has 0 bridgehead atoms. The van der Waals surface area contributed by atoms with Gasteiger partial charge in [0.05, 0.1) is 4.90 Å². The Morgan fingerprint density at radius 1 is 1.11 bits per heavy atom. The van der Waals surface area contributed by atoms with Gasteiger partial charge in [0, 0.05) is 18.8 Å². The molecule has 0 atom stereocenters. The summed E-state index contributed by atoms with van der Waals surface area (Å²) in [6, 6.07) is 6.84. The van der Waals surface area contributed by atoms with E-state index >= 15 is 0 Å². The van der Waals surface area contributed by atoms with Gasteiger partial charge in [-0.2, -0.15) is 0 Å². The van der Waals surface area contributed by atoms with E-state index in [-0.39, 0.29) is 5.41 Å². The highest BCUT2D eigenvalue weighted by atomic mass is 32.2. The van der Waals surface area contributed by atoms with E-state index in [1.54, 1.807) is 24.3 Å². The summed E-state index contributed by atoms with van der Waals surface area (Å²) in [5, 5.41) is 3.21. The fraction of sp³-hybridized carbons (Fsp3) is 0.571. The van der Waals surface area contributed by atoms with Gasteiger partial charge in [0.25, 0.3) is 0 Å². The zero-order valence-corrected chi connectivity index (χ0v) is 13.0. The number of anilines is 1.